The maximum absolute atomic E-state index is 2.61. The van der Waals surface area contributed by atoms with Gasteiger partial charge in [-0.2, -0.15) is 0 Å². The van der Waals surface area contributed by atoms with E-state index in [-0.39, 0.29) is 21.7 Å². The van der Waals surface area contributed by atoms with Gasteiger partial charge in [0.05, 0.1) is 51.9 Å². The first-order valence-corrected chi connectivity index (χ1v) is 23.9. The molecule has 0 saturated heterocycles. The van der Waals surface area contributed by atoms with Crippen molar-refractivity contribution in [2.75, 3.05) is 0 Å². The van der Waals surface area contributed by atoms with E-state index in [9.17, 15) is 0 Å². The molecule has 0 spiro atoms. The molecule has 2 nitrogen and oxygen atoms in total. The summed E-state index contributed by atoms with van der Waals surface area (Å²) in [6.07, 6.45) is 0. The van der Waals surface area contributed by atoms with Crippen LogP contribution in [0.5, 0.6) is 0 Å². The lowest BCUT2D eigenvalue weighted by molar-refractivity contribution is 0.568. The number of fused-ring (bicyclic) bond motifs is 12. The Bertz CT molecular complexity index is 3350. The van der Waals surface area contributed by atoms with Crippen molar-refractivity contribution in [1.29, 1.82) is 0 Å². The minimum atomic E-state index is 0.0175. The van der Waals surface area contributed by atoms with Gasteiger partial charge in [0, 0.05) is 32.7 Å². The van der Waals surface area contributed by atoms with Crippen LogP contribution in [0.3, 0.4) is 0 Å². The van der Waals surface area contributed by atoms with E-state index in [2.05, 4.69) is 213 Å². The highest BCUT2D eigenvalue weighted by Crippen LogP contribution is 2.52. The largest absolute Gasteiger partial charge is 0.306 e. The van der Waals surface area contributed by atoms with Crippen LogP contribution >= 0.6 is 22.7 Å². The Morgan fingerprint density at radius 2 is 0.661 bits per heavy atom. The second-order valence-electron chi connectivity index (χ2n) is 21.9. The molecule has 62 heavy (non-hydrogen) atoms. The van der Waals surface area contributed by atoms with Gasteiger partial charge >= 0.3 is 0 Å². The molecule has 0 radical (unpaired) electrons. The Balaban J connectivity index is 1.34. The number of nitrogens with zero attached hydrogens (tertiary/aromatic N) is 2. The maximum Gasteiger partial charge on any atom is 0.0736 e. The van der Waals surface area contributed by atoms with E-state index in [1.807, 2.05) is 22.7 Å². The molecule has 0 atom stereocenters. The van der Waals surface area contributed by atoms with E-state index in [1.165, 1.54) is 118 Å². The van der Waals surface area contributed by atoms with Crippen molar-refractivity contribution in [3.8, 4) is 22.3 Å². The minimum Gasteiger partial charge on any atom is -0.306 e. The third-order valence-corrected chi connectivity index (χ3v) is 15.9. The summed E-state index contributed by atoms with van der Waals surface area (Å²) in [6, 6.07) is 47.0. The van der Waals surface area contributed by atoms with Crippen LogP contribution in [0.2, 0.25) is 0 Å². The standard InChI is InChI=1S/C58H56N2S2/c1-55(2,3)35-27-33(28-36(31-35)56(4,5)6)39-21-17-25-45-51(39)61-53-47-42-20-14-16-24-44(42)60-46-26-18-22-40(34-29-37(57(7,8)9)32-38(30-34)58(10,11)12)52(46)62-54(50(47)60)48-41-19-13-15-23-43(41)59(45)49(48)53/h13-32H,1-12H3. The average Bonchev–Trinajstić information content (AvgIpc) is 3.76. The summed E-state index contributed by atoms with van der Waals surface area (Å²) in [5.41, 5.74) is 18.4. The van der Waals surface area contributed by atoms with Crippen LogP contribution in [-0.4, -0.2) is 8.80 Å². The van der Waals surface area contributed by atoms with Gasteiger partial charge in [0.2, 0.25) is 0 Å². The van der Waals surface area contributed by atoms with Crippen molar-refractivity contribution in [2.24, 2.45) is 0 Å². The van der Waals surface area contributed by atoms with Crippen LogP contribution in [0.4, 0.5) is 0 Å². The first kappa shape index (κ1) is 39.4. The highest BCUT2D eigenvalue weighted by Gasteiger charge is 2.28. The van der Waals surface area contributed by atoms with E-state index in [0.29, 0.717) is 0 Å². The van der Waals surface area contributed by atoms with Crippen LogP contribution in [0.15, 0.2) is 121 Å². The summed E-state index contributed by atoms with van der Waals surface area (Å²) in [7, 11) is 0. The van der Waals surface area contributed by atoms with Crippen molar-refractivity contribution >= 4 is 96.1 Å². The molecule has 11 aromatic rings. The molecule has 0 bridgehead atoms. The van der Waals surface area contributed by atoms with Crippen LogP contribution < -0.4 is 0 Å². The molecule has 0 saturated carbocycles. The molecule has 11 rings (SSSR count). The zero-order valence-electron chi connectivity index (χ0n) is 38.3. The Morgan fingerprint density at radius 1 is 0.339 bits per heavy atom. The highest BCUT2D eigenvalue weighted by molar-refractivity contribution is 7.28. The fourth-order valence-corrected chi connectivity index (χ4v) is 12.6. The molecule has 4 heteroatoms. The van der Waals surface area contributed by atoms with Gasteiger partial charge in [-0.3, -0.25) is 0 Å². The van der Waals surface area contributed by atoms with Crippen LogP contribution in [-0.2, 0) is 21.7 Å². The number of rotatable bonds is 2. The van der Waals surface area contributed by atoms with Crippen molar-refractivity contribution in [1.82, 2.24) is 8.80 Å². The van der Waals surface area contributed by atoms with Crippen molar-refractivity contribution in [3.05, 3.63) is 144 Å². The molecule has 7 aromatic carbocycles. The highest BCUT2D eigenvalue weighted by atomic mass is 32.1. The summed E-state index contributed by atoms with van der Waals surface area (Å²) in [6.45, 7) is 28.1. The number of hydrogen-bond donors (Lipinski definition) is 0. The lowest BCUT2D eigenvalue weighted by Gasteiger charge is -2.26. The number of hydrogen-bond acceptors (Lipinski definition) is 2. The van der Waals surface area contributed by atoms with Gasteiger partial charge in [0.15, 0.2) is 0 Å². The van der Waals surface area contributed by atoms with Gasteiger partial charge in [0.1, 0.15) is 0 Å². The Kier molecular flexibility index (Phi) is 8.31. The molecule has 0 aliphatic carbocycles. The van der Waals surface area contributed by atoms with E-state index >= 15 is 0 Å². The van der Waals surface area contributed by atoms with Crippen LogP contribution in [0.25, 0.3) is 95.7 Å². The van der Waals surface area contributed by atoms with Gasteiger partial charge in [0.25, 0.3) is 0 Å². The molecule has 0 amide bonds. The molecule has 0 aliphatic heterocycles. The Hall–Kier alpha value is -5.42. The smallest absolute Gasteiger partial charge is 0.0736 e. The normalized spacial score (nSPS) is 13.5. The first-order valence-electron chi connectivity index (χ1n) is 22.3. The molecule has 0 fully saturated rings. The molecule has 4 heterocycles. The second kappa shape index (κ2) is 13.1. The van der Waals surface area contributed by atoms with Crippen molar-refractivity contribution < 1.29 is 0 Å². The summed E-state index contributed by atoms with van der Waals surface area (Å²) in [5, 5.41) is 5.31. The molecule has 310 valence electrons. The monoisotopic (exact) mass is 844 g/mol. The van der Waals surface area contributed by atoms with Crippen LogP contribution in [0, 0.1) is 0 Å². The predicted molar refractivity (Wildman–Crippen MR) is 275 cm³/mol. The lowest BCUT2D eigenvalue weighted by atomic mass is 9.79. The fourth-order valence-electron chi connectivity index (χ4n) is 9.88. The van der Waals surface area contributed by atoms with Gasteiger partial charge in [-0.15, -0.1) is 22.7 Å². The van der Waals surface area contributed by atoms with Crippen molar-refractivity contribution in [3.63, 3.8) is 0 Å². The molecule has 0 aliphatic rings. The molecule has 0 unspecified atom stereocenters. The molecular weight excluding hydrogens is 789 g/mol. The molecule has 0 N–H and O–H groups in total. The fraction of sp³-hybridized carbons (Fsp3) is 0.276. The third kappa shape index (κ3) is 5.78. The summed E-state index contributed by atoms with van der Waals surface area (Å²) < 4.78 is 10.6. The van der Waals surface area contributed by atoms with Gasteiger partial charge in [-0.1, -0.05) is 180 Å². The number of aromatic nitrogens is 2. The maximum atomic E-state index is 2.61. The van der Waals surface area contributed by atoms with E-state index in [0.717, 1.165) is 0 Å². The average molecular weight is 845 g/mol. The van der Waals surface area contributed by atoms with Gasteiger partial charge in [-0.05, 0) is 79.3 Å². The lowest BCUT2D eigenvalue weighted by Crippen LogP contribution is -2.16. The van der Waals surface area contributed by atoms with Gasteiger partial charge < -0.3 is 8.80 Å². The molecular formula is C58H56N2S2. The van der Waals surface area contributed by atoms with Gasteiger partial charge in [-0.25, -0.2) is 0 Å². The quantitative estimate of drug-likeness (QED) is 0.153. The number of benzene rings is 7. The summed E-state index contributed by atoms with van der Waals surface area (Å²) in [5.74, 6) is 0. The Morgan fingerprint density at radius 3 is 1.00 bits per heavy atom. The van der Waals surface area contributed by atoms with E-state index in [1.54, 1.807) is 0 Å². The predicted octanol–water partition coefficient (Wildman–Crippen LogP) is 17.8. The zero-order valence-corrected chi connectivity index (χ0v) is 39.9. The topological polar surface area (TPSA) is 8.82 Å². The van der Waals surface area contributed by atoms with E-state index < -0.39 is 0 Å². The summed E-state index contributed by atoms with van der Waals surface area (Å²) in [4.78, 5) is 0. The van der Waals surface area contributed by atoms with Crippen molar-refractivity contribution in [2.45, 2.75) is 105 Å². The SMILES string of the molecule is CC(C)(C)c1cc(-c2cccc3c2sc2c4c5ccccc5n5c6cccc(-c7cc(C(C)(C)C)cc(C(C)(C)C)c7)c6sc(c6c7ccccc7n3c26)c45)cc(C(C)(C)C)c1. The number of para-hydroxylation sites is 2. The van der Waals surface area contributed by atoms with Crippen LogP contribution in [0.1, 0.15) is 105 Å². The Labute approximate surface area is 373 Å². The summed E-state index contributed by atoms with van der Waals surface area (Å²) >= 11 is 3.97. The third-order valence-electron chi connectivity index (χ3n) is 13.5. The minimum absolute atomic E-state index is 0.0175. The first-order chi connectivity index (χ1) is 29.3. The second-order valence-corrected chi connectivity index (χ2v) is 24.0. The van der Waals surface area contributed by atoms with E-state index in [4.69, 9.17) is 0 Å². The molecule has 4 aromatic heterocycles. The zero-order chi connectivity index (χ0) is 43.4.